The lowest BCUT2D eigenvalue weighted by Gasteiger charge is -2.39. The highest BCUT2D eigenvalue weighted by Gasteiger charge is 2.37. The van der Waals surface area contributed by atoms with Crippen molar-refractivity contribution in [3.05, 3.63) is 59.7 Å². The molecule has 0 spiro atoms. The van der Waals surface area contributed by atoms with E-state index in [1.165, 1.54) is 12.7 Å². The van der Waals surface area contributed by atoms with Crippen molar-refractivity contribution in [2.24, 2.45) is 10.4 Å². The summed E-state index contributed by atoms with van der Waals surface area (Å²) in [7, 11) is 1.24. The molecule has 1 heterocycles. The van der Waals surface area contributed by atoms with Crippen LogP contribution in [0.1, 0.15) is 45.7 Å². The number of benzene rings is 2. The van der Waals surface area contributed by atoms with Crippen LogP contribution in [0.15, 0.2) is 53.5 Å². The number of methoxy groups -OCH3 is 1. The molecule has 2 aromatic rings. The van der Waals surface area contributed by atoms with Crippen LogP contribution in [0.4, 0.5) is 16.2 Å². The number of fused-ring (bicyclic) bond motifs is 1. The topological polar surface area (TPSA) is 59.0 Å². The molecule has 0 atom stereocenters. The fraction of sp³-hybridized carbons (Fsp3) is 0.348. The van der Waals surface area contributed by atoms with Gasteiger partial charge >= 0.3 is 6.09 Å². The van der Waals surface area contributed by atoms with Gasteiger partial charge in [-0.2, -0.15) is 4.99 Å². The van der Waals surface area contributed by atoms with Gasteiger partial charge in [-0.15, -0.1) is 0 Å². The number of hydrogen-bond acceptors (Lipinski definition) is 3. The van der Waals surface area contributed by atoms with Crippen molar-refractivity contribution in [3.63, 3.8) is 0 Å². The van der Waals surface area contributed by atoms with Crippen molar-refractivity contribution in [2.75, 3.05) is 12.0 Å². The molecule has 1 aliphatic heterocycles. The lowest BCUT2D eigenvalue weighted by Crippen LogP contribution is -2.34. The van der Waals surface area contributed by atoms with Crippen LogP contribution < -0.4 is 4.90 Å². The van der Waals surface area contributed by atoms with Crippen LogP contribution in [-0.4, -0.2) is 24.8 Å². The molecule has 0 fully saturated rings. The van der Waals surface area contributed by atoms with Gasteiger partial charge in [-0.25, -0.2) is 4.79 Å². The first kappa shape index (κ1) is 19.8. The molecule has 1 aliphatic rings. The van der Waals surface area contributed by atoms with Gasteiger partial charge < -0.3 is 4.74 Å². The summed E-state index contributed by atoms with van der Waals surface area (Å²) in [5, 5.41) is 0. The van der Waals surface area contributed by atoms with Gasteiger partial charge in [0.15, 0.2) is 0 Å². The predicted octanol–water partition coefficient (Wildman–Crippen LogP) is 5.24. The maximum absolute atomic E-state index is 13.0. The predicted molar refractivity (Wildman–Crippen MR) is 111 cm³/mol. The summed E-state index contributed by atoms with van der Waals surface area (Å²) < 4.78 is 4.60. The number of amides is 2. The number of nitrogens with zero attached hydrogens (tertiary/aromatic N) is 2. The van der Waals surface area contributed by atoms with Crippen molar-refractivity contribution in [3.8, 4) is 0 Å². The number of para-hydroxylation sites is 1. The van der Waals surface area contributed by atoms with Crippen molar-refractivity contribution in [2.45, 2.75) is 40.0 Å². The monoisotopic (exact) mass is 378 g/mol. The molecule has 0 saturated carbocycles. The third kappa shape index (κ3) is 3.21. The maximum atomic E-state index is 13.0. The number of carbonyl (C=O) groups excluding carboxylic acids is 2. The molecule has 0 saturated heterocycles. The first-order valence-electron chi connectivity index (χ1n) is 9.29. The lowest BCUT2D eigenvalue weighted by molar-refractivity contribution is -0.111. The van der Waals surface area contributed by atoms with Crippen molar-refractivity contribution < 1.29 is 14.3 Å². The van der Waals surface area contributed by atoms with E-state index >= 15 is 0 Å². The highest BCUT2D eigenvalue weighted by Crippen LogP contribution is 2.42. The Morgan fingerprint density at radius 3 is 2.14 bits per heavy atom. The molecule has 3 rings (SSSR count). The molecule has 0 unspecified atom stereocenters. The van der Waals surface area contributed by atoms with Gasteiger partial charge in [-0.05, 0) is 34.6 Å². The summed E-state index contributed by atoms with van der Waals surface area (Å²) in [5.41, 5.74) is 3.42. The Labute approximate surface area is 166 Å². The van der Waals surface area contributed by atoms with Gasteiger partial charge in [0.25, 0.3) is 5.91 Å². The molecule has 0 aliphatic carbocycles. The number of hydrogen-bond donors (Lipinski definition) is 0. The van der Waals surface area contributed by atoms with E-state index in [-0.39, 0.29) is 22.4 Å². The third-order valence-corrected chi connectivity index (χ3v) is 5.91. The second-order valence-electron chi connectivity index (χ2n) is 8.51. The maximum Gasteiger partial charge on any atom is 0.434 e. The fourth-order valence-corrected chi connectivity index (χ4v) is 3.16. The Morgan fingerprint density at radius 1 is 0.964 bits per heavy atom. The van der Waals surface area contributed by atoms with Crippen LogP contribution >= 0.6 is 0 Å². The number of carbonyl (C=O) groups is 2. The minimum atomic E-state index is -0.790. The van der Waals surface area contributed by atoms with Gasteiger partial charge in [0.2, 0.25) is 0 Å². The highest BCUT2D eigenvalue weighted by atomic mass is 16.5. The lowest BCUT2D eigenvalue weighted by atomic mass is 9.65. The second kappa shape index (κ2) is 6.89. The summed E-state index contributed by atoms with van der Waals surface area (Å²) in [5.74, 6) is -0.338. The molecule has 5 nitrogen and oxygen atoms in total. The standard InChI is InChI=1S/C23H26N2O3/c1-22(2,3)23(4,5)15-11-13-16(14-12-15)25-18-10-8-7-9-17(18)19(20(25)26)24-21(27)28-6/h7-14H,1-6H3. The molecule has 146 valence electrons. The molecule has 2 amide bonds. The number of aliphatic imine (C=N–C) groups is 1. The van der Waals surface area contributed by atoms with Crippen LogP contribution in [0.3, 0.4) is 0 Å². The average molecular weight is 378 g/mol. The van der Waals surface area contributed by atoms with Crippen LogP contribution in [0.5, 0.6) is 0 Å². The molecular formula is C23H26N2O3. The first-order chi connectivity index (χ1) is 13.1. The van der Waals surface area contributed by atoms with Gasteiger partial charge in [-0.3, -0.25) is 9.69 Å². The summed E-state index contributed by atoms with van der Waals surface area (Å²) in [6.07, 6.45) is -0.790. The Kier molecular flexibility index (Phi) is 4.88. The van der Waals surface area contributed by atoms with Gasteiger partial charge in [0.1, 0.15) is 5.71 Å². The van der Waals surface area contributed by atoms with Crippen LogP contribution in [-0.2, 0) is 14.9 Å². The molecule has 5 heteroatoms. The number of anilines is 2. The molecule has 0 radical (unpaired) electrons. The quantitative estimate of drug-likeness (QED) is 0.718. The molecule has 28 heavy (non-hydrogen) atoms. The van der Waals surface area contributed by atoms with E-state index in [1.807, 2.05) is 30.3 Å². The molecule has 0 aromatic heterocycles. The van der Waals surface area contributed by atoms with E-state index < -0.39 is 6.09 Å². The Balaban J connectivity index is 2.04. The average Bonchev–Trinajstić information content (AvgIpc) is 2.92. The third-order valence-electron chi connectivity index (χ3n) is 5.91. The number of ether oxygens (including phenoxy) is 1. The van der Waals surface area contributed by atoms with Crippen molar-refractivity contribution in [1.29, 1.82) is 0 Å². The van der Waals surface area contributed by atoms with E-state index in [1.54, 1.807) is 11.0 Å². The zero-order chi connectivity index (χ0) is 20.7. The minimum absolute atomic E-state index is 0.0318. The van der Waals surface area contributed by atoms with E-state index in [9.17, 15) is 9.59 Å². The summed E-state index contributed by atoms with van der Waals surface area (Å²) in [6, 6.07) is 15.3. The van der Waals surface area contributed by atoms with E-state index in [2.05, 4.69) is 56.5 Å². The van der Waals surface area contributed by atoms with E-state index in [0.29, 0.717) is 11.3 Å². The molecule has 2 aromatic carbocycles. The SMILES string of the molecule is COC(=O)N=C1C(=O)N(c2ccc(C(C)(C)C(C)(C)C)cc2)c2ccccc21. The van der Waals surface area contributed by atoms with Gasteiger partial charge in [0, 0.05) is 11.3 Å². The van der Waals surface area contributed by atoms with Gasteiger partial charge in [-0.1, -0.05) is 65.0 Å². The molecule has 0 bridgehead atoms. The molecule has 0 N–H and O–H groups in total. The van der Waals surface area contributed by atoms with Gasteiger partial charge in [0.05, 0.1) is 12.8 Å². The van der Waals surface area contributed by atoms with Crippen LogP contribution in [0.25, 0.3) is 0 Å². The van der Waals surface area contributed by atoms with E-state index in [4.69, 9.17) is 0 Å². The van der Waals surface area contributed by atoms with Crippen LogP contribution in [0, 0.1) is 5.41 Å². The minimum Gasteiger partial charge on any atom is -0.451 e. The normalized spacial score (nSPS) is 15.7. The van der Waals surface area contributed by atoms with E-state index in [0.717, 1.165) is 5.69 Å². The molecular weight excluding hydrogens is 352 g/mol. The van der Waals surface area contributed by atoms with Crippen LogP contribution in [0.2, 0.25) is 0 Å². The summed E-state index contributed by atoms with van der Waals surface area (Å²) in [6.45, 7) is 11.1. The van der Waals surface area contributed by atoms with Crippen molar-refractivity contribution in [1.82, 2.24) is 0 Å². The van der Waals surface area contributed by atoms with Crippen molar-refractivity contribution >= 4 is 29.1 Å². The first-order valence-corrected chi connectivity index (χ1v) is 9.29. The fourth-order valence-electron chi connectivity index (χ4n) is 3.16. The second-order valence-corrected chi connectivity index (χ2v) is 8.51. The smallest absolute Gasteiger partial charge is 0.434 e. The Bertz CT molecular complexity index is 951. The summed E-state index contributed by atoms with van der Waals surface area (Å²) in [4.78, 5) is 30.1. The summed E-state index contributed by atoms with van der Waals surface area (Å²) >= 11 is 0. The zero-order valence-electron chi connectivity index (χ0n) is 17.2. The highest BCUT2D eigenvalue weighted by molar-refractivity contribution is 6.56. The number of rotatable bonds is 2. The largest absolute Gasteiger partial charge is 0.451 e. The zero-order valence-corrected chi connectivity index (χ0v) is 17.2. The Hall–Kier alpha value is -2.95. The Morgan fingerprint density at radius 2 is 1.57 bits per heavy atom.